The molecule has 0 N–H and O–H groups in total. The fourth-order valence-electron chi connectivity index (χ4n) is 1.87. The topological polar surface area (TPSA) is 71.1 Å². The summed E-state index contributed by atoms with van der Waals surface area (Å²) >= 11 is 0. The number of ether oxygens (including phenoxy) is 4. The van der Waals surface area contributed by atoms with Gasteiger partial charge in [0, 0.05) is 18.8 Å². The van der Waals surface area contributed by atoms with E-state index >= 15 is 0 Å². The summed E-state index contributed by atoms with van der Waals surface area (Å²) in [5.41, 5.74) is -0.647. The van der Waals surface area contributed by atoms with Crippen LogP contribution < -0.4 is 4.74 Å². The molecule has 1 rings (SSSR count). The smallest absolute Gasteiger partial charge is 0.341 e. The molecule has 0 aliphatic heterocycles. The van der Waals surface area contributed by atoms with Crippen molar-refractivity contribution in [1.29, 1.82) is 0 Å². The van der Waals surface area contributed by atoms with Gasteiger partial charge in [-0.25, -0.2) is 4.79 Å². The Balaban J connectivity index is 3.33. The molecule has 0 saturated heterocycles. The molecular weight excluding hydrogens is 295 g/mol. The third-order valence-electron chi connectivity index (χ3n) is 2.77. The van der Waals surface area contributed by atoms with Gasteiger partial charge in [0.15, 0.2) is 0 Å². The van der Waals surface area contributed by atoms with Crippen LogP contribution in [0.3, 0.4) is 0 Å². The fraction of sp³-hybridized carbons (Fsp3) is 0.500. The van der Waals surface area contributed by atoms with E-state index in [0.717, 1.165) is 0 Å². The maximum Gasteiger partial charge on any atom is 0.341 e. The summed E-state index contributed by atoms with van der Waals surface area (Å²) in [4.78, 5) is 11.6. The molecule has 1 aromatic carbocycles. The van der Waals surface area contributed by atoms with Gasteiger partial charge in [0.1, 0.15) is 11.3 Å². The van der Waals surface area contributed by atoms with Crippen molar-refractivity contribution in [3.8, 4) is 5.75 Å². The Labute approximate surface area is 125 Å². The van der Waals surface area contributed by atoms with E-state index in [-0.39, 0.29) is 14.0 Å². The normalized spacial score (nSPS) is 11.4. The molecule has 0 spiro atoms. The van der Waals surface area contributed by atoms with E-state index in [0.29, 0.717) is 24.5 Å². The molecule has 6 nitrogen and oxygen atoms in total. The summed E-state index contributed by atoms with van der Waals surface area (Å²) in [5, 5.41) is 0. The van der Waals surface area contributed by atoms with Gasteiger partial charge < -0.3 is 18.9 Å². The summed E-state index contributed by atoms with van der Waals surface area (Å²) in [6, 6.07) is 4.69. The summed E-state index contributed by atoms with van der Waals surface area (Å²) in [6.07, 6.45) is 0. The molecule has 0 unspecified atom stereocenters. The van der Waals surface area contributed by atoms with Gasteiger partial charge >= 0.3 is 5.97 Å². The van der Waals surface area contributed by atoms with Crippen molar-refractivity contribution in [2.45, 2.75) is 19.4 Å². The molecule has 0 heterocycles. The van der Waals surface area contributed by atoms with Gasteiger partial charge in [0.25, 0.3) is 5.53 Å². The Morgan fingerprint density at radius 2 is 1.81 bits per heavy atom. The van der Waals surface area contributed by atoms with Crippen LogP contribution in [0.1, 0.15) is 29.8 Å². The number of hydrogen-bond donors (Lipinski definition) is 0. The van der Waals surface area contributed by atoms with Crippen molar-refractivity contribution in [3.05, 3.63) is 29.3 Å². The first-order valence-corrected chi connectivity index (χ1v) is 7.29. The van der Waals surface area contributed by atoms with Crippen LogP contribution in [-0.4, -0.2) is 33.4 Å². The molecule has 0 aromatic heterocycles. The maximum atomic E-state index is 11.6. The van der Waals surface area contributed by atoms with Gasteiger partial charge in [-0.3, -0.25) is 4.57 Å². The Morgan fingerprint density at radius 1 is 1.19 bits per heavy atom. The number of esters is 1. The zero-order chi connectivity index (χ0) is 15.9. The van der Waals surface area contributed by atoms with Gasteiger partial charge in [-0.1, -0.05) is 6.07 Å². The molecule has 0 fully saturated rings. The lowest BCUT2D eigenvalue weighted by Crippen LogP contribution is -2.27. The number of methoxy groups -OCH3 is 2. The maximum absolute atomic E-state index is 11.6. The second kappa shape index (κ2) is 8.08. The predicted octanol–water partition coefficient (Wildman–Crippen LogP) is 2.96. The van der Waals surface area contributed by atoms with E-state index in [1.165, 1.54) is 20.3 Å². The summed E-state index contributed by atoms with van der Waals surface area (Å²) in [5.74, 6) is -0.219. The first-order valence-electron chi connectivity index (χ1n) is 6.47. The molecule has 1 aromatic rings. The number of benzene rings is 1. The lowest BCUT2D eigenvalue weighted by atomic mass is 10.1. The van der Waals surface area contributed by atoms with E-state index in [1.54, 1.807) is 26.0 Å². The SMILES string of the molecule is CCOC(OCC)(P=O)c1ccc(C(=O)OC)c(OC)c1. The molecule has 7 heteroatoms. The third kappa shape index (κ3) is 3.79. The lowest BCUT2D eigenvalue weighted by Gasteiger charge is -2.27. The molecule has 0 aliphatic carbocycles. The fourth-order valence-corrected chi connectivity index (χ4v) is 2.48. The van der Waals surface area contributed by atoms with Crippen molar-refractivity contribution in [3.63, 3.8) is 0 Å². The van der Waals surface area contributed by atoms with E-state index in [1.807, 2.05) is 0 Å². The van der Waals surface area contributed by atoms with E-state index < -0.39 is 11.5 Å². The Kier molecular flexibility index (Phi) is 6.75. The minimum Gasteiger partial charge on any atom is -0.496 e. The van der Waals surface area contributed by atoms with Crippen LogP contribution >= 0.6 is 8.46 Å². The highest BCUT2D eigenvalue weighted by Gasteiger charge is 2.36. The Bertz CT molecular complexity index is 496. The van der Waals surface area contributed by atoms with Crippen LogP contribution in [0.25, 0.3) is 0 Å². The highest BCUT2D eigenvalue weighted by molar-refractivity contribution is 7.24. The second-order valence-corrected chi connectivity index (χ2v) is 4.72. The first kappa shape index (κ1) is 17.6. The minimum atomic E-state index is -1.41. The van der Waals surface area contributed by atoms with Gasteiger partial charge in [-0.15, -0.1) is 0 Å². The summed E-state index contributed by atoms with van der Waals surface area (Å²) in [6.45, 7) is 4.19. The van der Waals surface area contributed by atoms with E-state index in [4.69, 9.17) is 14.2 Å². The zero-order valence-corrected chi connectivity index (χ0v) is 13.4. The molecule has 0 amide bonds. The number of carbonyl (C=O) groups excluding carboxylic acids is 1. The van der Waals surface area contributed by atoms with Crippen LogP contribution in [-0.2, 0) is 24.3 Å². The standard InChI is InChI=1S/C14H19O6P/c1-5-19-14(21-16,20-6-2)10-7-8-11(13(15)18-4)12(9-10)17-3/h7-9H,5-6H2,1-4H3. The number of carbonyl (C=O) groups is 1. The molecule has 116 valence electrons. The lowest BCUT2D eigenvalue weighted by molar-refractivity contribution is -0.176. The first-order chi connectivity index (χ1) is 10.1. The van der Waals surface area contributed by atoms with Gasteiger partial charge in [0.05, 0.1) is 14.2 Å². The molecule has 0 atom stereocenters. The molecule has 0 bridgehead atoms. The minimum absolute atomic E-state index is 0.271. The number of rotatable bonds is 8. The van der Waals surface area contributed by atoms with Crippen LogP contribution in [0.15, 0.2) is 18.2 Å². The third-order valence-corrected chi connectivity index (χ3v) is 3.53. The van der Waals surface area contributed by atoms with Crippen LogP contribution in [0, 0.1) is 0 Å². The molecule has 0 aliphatic rings. The van der Waals surface area contributed by atoms with Gasteiger partial charge in [-0.2, -0.15) is 0 Å². The average Bonchev–Trinajstić information content (AvgIpc) is 2.53. The largest absolute Gasteiger partial charge is 0.496 e. The Morgan fingerprint density at radius 3 is 2.24 bits per heavy atom. The highest BCUT2D eigenvalue weighted by atomic mass is 31.1. The van der Waals surface area contributed by atoms with Crippen molar-refractivity contribution < 1.29 is 28.3 Å². The van der Waals surface area contributed by atoms with Crippen LogP contribution in [0.4, 0.5) is 0 Å². The Hall–Kier alpha value is -1.49. The quantitative estimate of drug-likeness (QED) is 0.417. The van der Waals surface area contributed by atoms with E-state index in [9.17, 15) is 9.36 Å². The van der Waals surface area contributed by atoms with E-state index in [2.05, 4.69) is 4.74 Å². The van der Waals surface area contributed by atoms with Crippen molar-refractivity contribution in [1.82, 2.24) is 0 Å². The molecule has 21 heavy (non-hydrogen) atoms. The molecule has 0 radical (unpaired) electrons. The van der Waals surface area contributed by atoms with Crippen molar-refractivity contribution >= 4 is 14.4 Å². The molecular formula is C14H19O6P. The van der Waals surface area contributed by atoms with Gasteiger partial charge in [0.2, 0.25) is 8.46 Å². The average molecular weight is 314 g/mol. The van der Waals surface area contributed by atoms with Crippen LogP contribution in [0.2, 0.25) is 0 Å². The monoisotopic (exact) mass is 314 g/mol. The summed E-state index contributed by atoms with van der Waals surface area (Å²) < 4.78 is 32.5. The van der Waals surface area contributed by atoms with Gasteiger partial charge in [-0.05, 0) is 26.0 Å². The highest BCUT2D eigenvalue weighted by Crippen LogP contribution is 2.40. The van der Waals surface area contributed by atoms with Crippen molar-refractivity contribution in [2.24, 2.45) is 0 Å². The molecule has 0 saturated carbocycles. The summed E-state index contributed by atoms with van der Waals surface area (Å²) in [7, 11) is 2.39. The van der Waals surface area contributed by atoms with Crippen LogP contribution in [0.5, 0.6) is 5.75 Å². The number of hydrogen-bond acceptors (Lipinski definition) is 6. The predicted molar refractivity (Wildman–Crippen MR) is 76.9 cm³/mol. The van der Waals surface area contributed by atoms with Crippen molar-refractivity contribution in [2.75, 3.05) is 27.4 Å². The zero-order valence-electron chi connectivity index (χ0n) is 12.5. The second-order valence-electron chi connectivity index (χ2n) is 3.95.